The fourth-order valence-corrected chi connectivity index (χ4v) is 1.08. The highest BCUT2D eigenvalue weighted by atomic mass is 16.6. The molecule has 2 atom stereocenters. The minimum Gasteiger partial charge on any atom is -0.481 e. The van der Waals surface area contributed by atoms with Crippen molar-refractivity contribution in [1.29, 1.82) is 0 Å². The number of terminal acetylenes is 1. The van der Waals surface area contributed by atoms with Gasteiger partial charge < -0.3 is 15.6 Å². The number of nitrogens with two attached hydrogens (primary N) is 1. The van der Waals surface area contributed by atoms with Crippen LogP contribution >= 0.6 is 0 Å². The molecular weight excluding hydrogens is 210 g/mol. The average molecular weight is 227 g/mol. The maximum atomic E-state index is 11.6. The van der Waals surface area contributed by atoms with E-state index in [1.165, 1.54) is 0 Å². The molecule has 0 radical (unpaired) electrons. The highest BCUT2D eigenvalue weighted by Gasteiger charge is 2.35. The van der Waals surface area contributed by atoms with Crippen molar-refractivity contribution in [2.45, 2.75) is 38.8 Å². The van der Waals surface area contributed by atoms with Crippen LogP contribution in [0.2, 0.25) is 0 Å². The van der Waals surface area contributed by atoms with Crippen LogP contribution in [-0.4, -0.2) is 28.7 Å². The molecule has 3 N–H and O–H groups in total. The fraction of sp³-hybridized carbons (Fsp3) is 0.636. The predicted molar refractivity (Wildman–Crippen MR) is 58.4 cm³/mol. The van der Waals surface area contributed by atoms with E-state index in [2.05, 4.69) is 5.92 Å². The van der Waals surface area contributed by atoms with Gasteiger partial charge in [0.1, 0.15) is 5.60 Å². The third-order valence-corrected chi connectivity index (χ3v) is 1.71. The fourth-order valence-electron chi connectivity index (χ4n) is 1.08. The molecule has 5 heteroatoms. The lowest BCUT2D eigenvalue weighted by atomic mass is 9.98. The van der Waals surface area contributed by atoms with Crippen LogP contribution in [0.5, 0.6) is 0 Å². The van der Waals surface area contributed by atoms with Crippen LogP contribution in [0, 0.1) is 18.3 Å². The Morgan fingerprint density at radius 1 is 1.50 bits per heavy atom. The Kier molecular flexibility index (Phi) is 4.99. The molecule has 0 aliphatic heterocycles. The number of rotatable bonds is 4. The first-order valence-corrected chi connectivity index (χ1v) is 4.83. The van der Waals surface area contributed by atoms with Gasteiger partial charge in [-0.1, -0.05) is 0 Å². The number of aliphatic carboxylic acids is 1. The van der Waals surface area contributed by atoms with Crippen LogP contribution in [0.3, 0.4) is 0 Å². The number of carboxylic acid groups (broad SMARTS) is 1. The molecule has 5 nitrogen and oxygen atoms in total. The Balaban J connectivity index is 4.75. The highest BCUT2D eigenvalue weighted by Crippen LogP contribution is 2.14. The van der Waals surface area contributed by atoms with E-state index in [1.54, 1.807) is 20.8 Å². The van der Waals surface area contributed by atoms with Crippen molar-refractivity contribution in [3.63, 3.8) is 0 Å². The second kappa shape index (κ2) is 5.52. The lowest BCUT2D eigenvalue weighted by Gasteiger charge is -2.24. The van der Waals surface area contributed by atoms with Gasteiger partial charge >= 0.3 is 11.9 Å². The van der Waals surface area contributed by atoms with E-state index in [9.17, 15) is 9.59 Å². The first-order valence-electron chi connectivity index (χ1n) is 4.83. The number of hydrogen-bond acceptors (Lipinski definition) is 4. The van der Waals surface area contributed by atoms with E-state index in [0.29, 0.717) is 0 Å². The zero-order valence-corrected chi connectivity index (χ0v) is 9.69. The third kappa shape index (κ3) is 4.80. The van der Waals surface area contributed by atoms with E-state index in [0.717, 1.165) is 0 Å². The molecule has 0 aromatic rings. The summed E-state index contributed by atoms with van der Waals surface area (Å²) in [5.41, 5.74) is 4.78. The standard InChI is InChI=1S/C11H17NO4/c1-5-6-7(12)8(9(13)14)10(15)16-11(2,3)4/h1,7-8H,6,12H2,2-4H3,(H,13,14)/t7-,8-/m0/s1. The third-order valence-electron chi connectivity index (χ3n) is 1.71. The second-order valence-electron chi connectivity index (χ2n) is 4.42. The summed E-state index contributed by atoms with van der Waals surface area (Å²) in [7, 11) is 0. The summed E-state index contributed by atoms with van der Waals surface area (Å²) < 4.78 is 4.96. The van der Waals surface area contributed by atoms with Crippen LogP contribution in [0.1, 0.15) is 27.2 Å². The molecule has 0 saturated carbocycles. The largest absolute Gasteiger partial charge is 0.481 e. The van der Waals surface area contributed by atoms with Gasteiger partial charge in [-0.25, -0.2) is 0 Å². The first-order chi connectivity index (χ1) is 7.19. The maximum absolute atomic E-state index is 11.6. The van der Waals surface area contributed by atoms with Crippen LogP contribution in [0.25, 0.3) is 0 Å². The summed E-state index contributed by atoms with van der Waals surface area (Å²) in [6.07, 6.45) is 5.03. The summed E-state index contributed by atoms with van der Waals surface area (Å²) in [6, 6.07) is -0.933. The van der Waals surface area contributed by atoms with Crippen molar-refractivity contribution in [1.82, 2.24) is 0 Å². The molecule has 0 aliphatic carbocycles. The molecule has 0 saturated heterocycles. The Morgan fingerprint density at radius 3 is 2.31 bits per heavy atom. The molecule has 0 bridgehead atoms. The molecule has 0 aromatic carbocycles. The average Bonchev–Trinajstić information content (AvgIpc) is 1.99. The van der Waals surface area contributed by atoms with Crippen molar-refractivity contribution < 1.29 is 19.4 Å². The lowest BCUT2D eigenvalue weighted by molar-refractivity contribution is -0.167. The van der Waals surface area contributed by atoms with Crippen LogP contribution < -0.4 is 5.73 Å². The summed E-state index contributed by atoms with van der Waals surface area (Å²) in [6.45, 7) is 4.95. The maximum Gasteiger partial charge on any atom is 0.322 e. The zero-order chi connectivity index (χ0) is 12.9. The highest BCUT2D eigenvalue weighted by molar-refractivity contribution is 5.95. The molecule has 0 unspecified atom stereocenters. The van der Waals surface area contributed by atoms with Crippen LogP contribution in [0.4, 0.5) is 0 Å². The van der Waals surface area contributed by atoms with E-state index >= 15 is 0 Å². The predicted octanol–water partition coefficient (Wildman–Crippen LogP) is 0.379. The molecule has 0 amide bonds. The van der Waals surface area contributed by atoms with Gasteiger partial charge in [-0.05, 0) is 20.8 Å². The second-order valence-corrected chi connectivity index (χ2v) is 4.42. The summed E-state index contributed by atoms with van der Waals surface area (Å²) in [5, 5.41) is 8.89. The van der Waals surface area contributed by atoms with Crippen molar-refractivity contribution in [3.05, 3.63) is 0 Å². The molecule has 0 rings (SSSR count). The van der Waals surface area contributed by atoms with E-state index < -0.39 is 29.5 Å². The quantitative estimate of drug-likeness (QED) is 0.411. The lowest BCUT2D eigenvalue weighted by Crippen LogP contribution is -2.43. The van der Waals surface area contributed by atoms with Crippen LogP contribution in [0.15, 0.2) is 0 Å². The van der Waals surface area contributed by atoms with Gasteiger partial charge in [0.2, 0.25) is 0 Å². The Labute approximate surface area is 95.0 Å². The number of carbonyl (C=O) groups is 2. The monoisotopic (exact) mass is 227 g/mol. The van der Waals surface area contributed by atoms with Crippen molar-refractivity contribution in [3.8, 4) is 12.3 Å². The number of hydrogen-bond donors (Lipinski definition) is 2. The Morgan fingerprint density at radius 2 is 2.00 bits per heavy atom. The summed E-state index contributed by atoms with van der Waals surface area (Å²) in [5.74, 6) is -1.38. The van der Waals surface area contributed by atoms with E-state index in [1.807, 2.05) is 0 Å². The topological polar surface area (TPSA) is 89.6 Å². The minimum atomic E-state index is -1.42. The molecule has 16 heavy (non-hydrogen) atoms. The van der Waals surface area contributed by atoms with Crippen molar-refractivity contribution >= 4 is 11.9 Å². The molecule has 0 heterocycles. The summed E-state index contributed by atoms with van der Waals surface area (Å²) >= 11 is 0. The number of ether oxygens (including phenoxy) is 1. The van der Waals surface area contributed by atoms with Gasteiger partial charge in [-0.2, -0.15) is 0 Å². The molecule has 0 spiro atoms. The molecule has 0 fully saturated rings. The smallest absolute Gasteiger partial charge is 0.322 e. The van der Waals surface area contributed by atoms with Crippen LogP contribution in [-0.2, 0) is 14.3 Å². The molecule has 0 aromatic heterocycles. The van der Waals surface area contributed by atoms with Gasteiger partial charge in [0.25, 0.3) is 0 Å². The van der Waals surface area contributed by atoms with Crippen molar-refractivity contribution in [2.75, 3.05) is 0 Å². The molecular formula is C11H17NO4. The molecule has 90 valence electrons. The van der Waals surface area contributed by atoms with E-state index in [-0.39, 0.29) is 6.42 Å². The normalized spacial score (nSPS) is 14.7. The first kappa shape index (κ1) is 14.5. The SMILES string of the molecule is C#CC[C@H](N)[C@@H](C(=O)O)C(=O)OC(C)(C)C. The van der Waals surface area contributed by atoms with Gasteiger partial charge in [-0.3, -0.25) is 9.59 Å². The Bertz CT molecular complexity index is 311. The summed E-state index contributed by atoms with van der Waals surface area (Å²) in [4.78, 5) is 22.5. The van der Waals surface area contributed by atoms with E-state index in [4.69, 9.17) is 22.0 Å². The van der Waals surface area contributed by atoms with Gasteiger partial charge in [0, 0.05) is 12.5 Å². The van der Waals surface area contributed by atoms with Crippen molar-refractivity contribution in [2.24, 2.45) is 11.7 Å². The number of carboxylic acids is 1. The molecule has 0 aliphatic rings. The number of carbonyl (C=O) groups excluding carboxylic acids is 1. The minimum absolute atomic E-state index is 0.0101. The van der Waals surface area contributed by atoms with Gasteiger partial charge in [0.15, 0.2) is 5.92 Å². The Hall–Kier alpha value is -1.54. The van der Waals surface area contributed by atoms with Gasteiger partial charge in [-0.15, -0.1) is 12.3 Å². The van der Waals surface area contributed by atoms with Gasteiger partial charge in [0.05, 0.1) is 0 Å². The zero-order valence-electron chi connectivity index (χ0n) is 9.69. The number of esters is 1.